The molecule has 0 bridgehead atoms. The maximum absolute atomic E-state index is 12.5. The van der Waals surface area contributed by atoms with Gasteiger partial charge in [0.2, 0.25) is 0 Å². The van der Waals surface area contributed by atoms with Gasteiger partial charge in [0, 0.05) is 17.3 Å². The van der Waals surface area contributed by atoms with Crippen LogP contribution in [0.2, 0.25) is 5.02 Å². The minimum atomic E-state index is -1.07. The summed E-state index contributed by atoms with van der Waals surface area (Å²) in [5.41, 5.74) is 1.36. The lowest BCUT2D eigenvalue weighted by Gasteiger charge is -2.27. The molecule has 0 aliphatic rings. The van der Waals surface area contributed by atoms with Gasteiger partial charge >= 0.3 is 12.0 Å². The fraction of sp³-hybridized carbons (Fsp3) is 0.176. The Morgan fingerprint density at radius 2 is 1.87 bits per heavy atom. The average Bonchev–Trinajstić information content (AvgIpc) is 2.52. The first-order valence-corrected chi connectivity index (χ1v) is 7.45. The Bertz CT molecular complexity index is 691. The second kappa shape index (κ2) is 7.65. The van der Waals surface area contributed by atoms with Crippen molar-refractivity contribution in [3.05, 3.63) is 65.2 Å². The molecule has 120 valence electrons. The Balaban J connectivity index is 2.18. The zero-order chi connectivity index (χ0) is 16.8. The lowest BCUT2D eigenvalue weighted by Crippen LogP contribution is -2.44. The Kier molecular flexibility index (Phi) is 5.60. The molecule has 0 aliphatic carbocycles. The molecule has 0 radical (unpaired) electrons. The summed E-state index contributed by atoms with van der Waals surface area (Å²) in [4.78, 5) is 25.0. The van der Waals surface area contributed by atoms with E-state index in [1.807, 2.05) is 30.3 Å². The number of carbonyl (C=O) groups is 2. The topological polar surface area (TPSA) is 69.6 Å². The van der Waals surface area contributed by atoms with Crippen molar-refractivity contribution in [2.24, 2.45) is 0 Å². The van der Waals surface area contributed by atoms with Crippen LogP contribution in [0.5, 0.6) is 0 Å². The van der Waals surface area contributed by atoms with Crippen LogP contribution in [-0.2, 0) is 11.3 Å². The molecule has 0 aliphatic heterocycles. The molecule has 0 saturated carbocycles. The normalized spacial score (nSPS) is 11.6. The third-order valence-electron chi connectivity index (χ3n) is 3.36. The number of nitrogens with one attached hydrogen (secondary N) is 1. The van der Waals surface area contributed by atoms with E-state index in [9.17, 15) is 14.7 Å². The highest BCUT2D eigenvalue weighted by Gasteiger charge is 2.25. The number of anilines is 1. The van der Waals surface area contributed by atoms with Gasteiger partial charge < -0.3 is 15.3 Å². The number of nitrogens with zero attached hydrogens (tertiary/aromatic N) is 1. The molecule has 0 saturated heterocycles. The fourth-order valence-corrected chi connectivity index (χ4v) is 2.25. The molecule has 2 aromatic carbocycles. The van der Waals surface area contributed by atoms with Crippen LogP contribution >= 0.6 is 11.6 Å². The molecule has 1 atom stereocenters. The molecule has 23 heavy (non-hydrogen) atoms. The number of carboxylic acids is 1. The average molecular weight is 333 g/mol. The van der Waals surface area contributed by atoms with Crippen molar-refractivity contribution in [2.75, 3.05) is 5.32 Å². The molecule has 5 nitrogen and oxygen atoms in total. The van der Waals surface area contributed by atoms with Crippen LogP contribution in [0, 0.1) is 0 Å². The van der Waals surface area contributed by atoms with Crippen LogP contribution in [0.3, 0.4) is 0 Å². The van der Waals surface area contributed by atoms with E-state index in [1.165, 1.54) is 11.8 Å². The van der Waals surface area contributed by atoms with E-state index < -0.39 is 18.0 Å². The highest BCUT2D eigenvalue weighted by Crippen LogP contribution is 2.17. The van der Waals surface area contributed by atoms with Gasteiger partial charge in [-0.25, -0.2) is 9.59 Å². The molecule has 0 spiro atoms. The Morgan fingerprint density at radius 3 is 2.48 bits per heavy atom. The van der Waals surface area contributed by atoms with Crippen LogP contribution in [0.4, 0.5) is 10.5 Å². The monoisotopic (exact) mass is 332 g/mol. The molecule has 0 fully saturated rings. The summed E-state index contributed by atoms with van der Waals surface area (Å²) in [5, 5.41) is 12.4. The zero-order valence-electron chi connectivity index (χ0n) is 12.6. The number of benzene rings is 2. The number of carbonyl (C=O) groups excluding carboxylic acids is 1. The summed E-state index contributed by atoms with van der Waals surface area (Å²) in [6, 6.07) is 14.5. The zero-order valence-corrected chi connectivity index (χ0v) is 13.3. The highest BCUT2D eigenvalue weighted by molar-refractivity contribution is 6.30. The number of amides is 2. The molecular weight excluding hydrogens is 316 g/mol. The maximum atomic E-state index is 12.5. The molecule has 1 unspecified atom stereocenters. The molecule has 6 heteroatoms. The Hall–Kier alpha value is -2.53. The standard InChI is InChI=1S/C17H17ClN2O3/c1-12(16(21)22)20(11-13-6-3-2-4-7-13)17(23)19-15-9-5-8-14(18)10-15/h2-10,12H,11H2,1H3,(H,19,23)(H,21,22). The predicted octanol–water partition coefficient (Wildman–Crippen LogP) is 3.85. The van der Waals surface area contributed by atoms with Gasteiger partial charge in [0.1, 0.15) is 6.04 Å². The van der Waals surface area contributed by atoms with Gasteiger partial charge in [-0.05, 0) is 30.7 Å². The van der Waals surface area contributed by atoms with Crippen LogP contribution < -0.4 is 5.32 Å². The summed E-state index contributed by atoms with van der Waals surface area (Å²) in [5.74, 6) is -1.07. The van der Waals surface area contributed by atoms with Crippen molar-refractivity contribution in [1.29, 1.82) is 0 Å². The van der Waals surface area contributed by atoms with Crippen molar-refractivity contribution in [3.63, 3.8) is 0 Å². The van der Waals surface area contributed by atoms with Crippen molar-refractivity contribution in [2.45, 2.75) is 19.5 Å². The lowest BCUT2D eigenvalue weighted by atomic mass is 10.2. The first-order chi connectivity index (χ1) is 11.0. The molecule has 2 N–H and O–H groups in total. The van der Waals surface area contributed by atoms with Gasteiger partial charge in [0.05, 0.1) is 0 Å². The molecule has 2 rings (SSSR count). The molecule has 0 aromatic heterocycles. The predicted molar refractivity (Wildman–Crippen MR) is 89.6 cm³/mol. The van der Waals surface area contributed by atoms with Crippen LogP contribution in [0.15, 0.2) is 54.6 Å². The van der Waals surface area contributed by atoms with Gasteiger partial charge in [-0.3, -0.25) is 0 Å². The van der Waals surface area contributed by atoms with Gasteiger partial charge in [0.15, 0.2) is 0 Å². The first kappa shape index (κ1) is 16.8. The number of carboxylic acid groups (broad SMARTS) is 1. The third-order valence-corrected chi connectivity index (χ3v) is 3.59. The minimum Gasteiger partial charge on any atom is -0.480 e. The van der Waals surface area contributed by atoms with Gasteiger partial charge in [-0.2, -0.15) is 0 Å². The second-order valence-electron chi connectivity index (χ2n) is 5.07. The quantitative estimate of drug-likeness (QED) is 0.873. The van der Waals surface area contributed by atoms with Crippen molar-refractivity contribution in [3.8, 4) is 0 Å². The number of hydrogen-bond acceptors (Lipinski definition) is 2. The van der Waals surface area contributed by atoms with Gasteiger partial charge in [0.25, 0.3) is 0 Å². The van der Waals surface area contributed by atoms with E-state index in [0.29, 0.717) is 10.7 Å². The van der Waals surface area contributed by atoms with E-state index >= 15 is 0 Å². The van der Waals surface area contributed by atoms with Crippen LogP contribution in [-0.4, -0.2) is 28.0 Å². The molecular formula is C17H17ClN2O3. The van der Waals surface area contributed by atoms with Crippen molar-refractivity contribution in [1.82, 2.24) is 4.90 Å². The van der Waals surface area contributed by atoms with E-state index in [2.05, 4.69) is 5.32 Å². The summed E-state index contributed by atoms with van der Waals surface area (Å²) in [7, 11) is 0. The number of halogens is 1. The molecule has 0 heterocycles. The maximum Gasteiger partial charge on any atom is 0.326 e. The molecule has 2 amide bonds. The van der Waals surface area contributed by atoms with E-state index in [-0.39, 0.29) is 6.54 Å². The van der Waals surface area contributed by atoms with Crippen molar-refractivity contribution < 1.29 is 14.7 Å². The summed E-state index contributed by atoms with van der Waals surface area (Å²) >= 11 is 5.89. The van der Waals surface area contributed by atoms with Gasteiger partial charge in [-0.1, -0.05) is 48.0 Å². The number of urea groups is 1. The smallest absolute Gasteiger partial charge is 0.326 e. The minimum absolute atomic E-state index is 0.195. The van der Waals surface area contributed by atoms with Crippen molar-refractivity contribution >= 4 is 29.3 Å². The van der Waals surface area contributed by atoms with Crippen LogP contribution in [0.1, 0.15) is 12.5 Å². The SMILES string of the molecule is CC(C(=O)O)N(Cc1ccccc1)C(=O)Nc1cccc(Cl)c1. The molecule has 2 aromatic rings. The first-order valence-electron chi connectivity index (χ1n) is 7.07. The second-order valence-corrected chi connectivity index (χ2v) is 5.50. The van der Waals surface area contributed by atoms with Gasteiger partial charge in [-0.15, -0.1) is 0 Å². The Morgan fingerprint density at radius 1 is 1.17 bits per heavy atom. The van der Waals surface area contributed by atoms with E-state index in [0.717, 1.165) is 5.56 Å². The Labute approximate surface area is 139 Å². The number of hydrogen-bond donors (Lipinski definition) is 2. The fourth-order valence-electron chi connectivity index (χ4n) is 2.06. The summed E-state index contributed by atoms with van der Waals surface area (Å²) < 4.78 is 0. The van der Waals surface area contributed by atoms with E-state index in [1.54, 1.807) is 24.3 Å². The van der Waals surface area contributed by atoms with E-state index in [4.69, 9.17) is 11.6 Å². The van der Waals surface area contributed by atoms with Crippen LogP contribution in [0.25, 0.3) is 0 Å². The lowest BCUT2D eigenvalue weighted by molar-refractivity contribution is -0.141. The number of aliphatic carboxylic acids is 1. The largest absolute Gasteiger partial charge is 0.480 e. The number of rotatable bonds is 5. The summed E-state index contributed by atoms with van der Waals surface area (Å²) in [6.07, 6.45) is 0. The third kappa shape index (κ3) is 4.72. The highest BCUT2D eigenvalue weighted by atomic mass is 35.5. The summed E-state index contributed by atoms with van der Waals surface area (Å²) in [6.45, 7) is 1.67.